The van der Waals surface area contributed by atoms with E-state index in [-0.39, 0.29) is 5.91 Å². The molecule has 7 heteroatoms. The Hall–Kier alpha value is -2.05. The molecule has 0 saturated heterocycles. The van der Waals surface area contributed by atoms with Gasteiger partial charge in [0.15, 0.2) is 0 Å². The predicted octanol–water partition coefficient (Wildman–Crippen LogP) is 3.01. The van der Waals surface area contributed by atoms with Crippen LogP contribution in [0.1, 0.15) is 15.9 Å². The molecule has 0 aromatic heterocycles. The van der Waals surface area contributed by atoms with Gasteiger partial charge in [0.1, 0.15) is 0 Å². The lowest BCUT2D eigenvalue weighted by molar-refractivity contribution is 0.0785. The van der Waals surface area contributed by atoms with E-state index in [1.807, 2.05) is 12.1 Å². The minimum Gasteiger partial charge on any atom is -0.337 e. The van der Waals surface area contributed by atoms with Crippen LogP contribution in [0.15, 0.2) is 48.5 Å². The molecule has 0 bridgehead atoms. The normalized spacial score (nSPS) is 11.2. The van der Waals surface area contributed by atoms with Gasteiger partial charge in [-0.1, -0.05) is 23.7 Å². The first-order valence-corrected chi connectivity index (χ1v) is 9.45. The van der Waals surface area contributed by atoms with Crippen LogP contribution in [-0.4, -0.2) is 39.6 Å². The van der Waals surface area contributed by atoms with Gasteiger partial charge in [-0.05, 0) is 42.0 Å². The second-order valence-corrected chi connectivity index (χ2v) is 8.02. The molecule has 0 aliphatic carbocycles. The van der Waals surface area contributed by atoms with Crippen molar-refractivity contribution in [1.29, 1.82) is 0 Å². The van der Waals surface area contributed by atoms with E-state index in [4.69, 9.17) is 11.6 Å². The standard InChI is InChI=1S/C17H19ClN2O3S/c1-19(12-13-4-8-15(18)9-5-13)17(21)14-6-10-16(11-7-14)20(2)24(3,22)23/h4-11H,12H2,1-3H3. The number of nitrogens with zero attached hydrogens (tertiary/aromatic N) is 2. The molecule has 0 heterocycles. The maximum Gasteiger partial charge on any atom is 0.253 e. The minimum absolute atomic E-state index is 0.140. The summed E-state index contributed by atoms with van der Waals surface area (Å²) in [7, 11) is -0.136. The number of anilines is 1. The molecule has 0 radical (unpaired) electrons. The van der Waals surface area contributed by atoms with Gasteiger partial charge in [-0.15, -0.1) is 0 Å². The van der Waals surface area contributed by atoms with E-state index < -0.39 is 10.0 Å². The molecule has 0 spiro atoms. The summed E-state index contributed by atoms with van der Waals surface area (Å²) in [5.74, 6) is -0.140. The molecule has 24 heavy (non-hydrogen) atoms. The fraction of sp³-hybridized carbons (Fsp3) is 0.235. The highest BCUT2D eigenvalue weighted by molar-refractivity contribution is 7.92. The number of halogens is 1. The summed E-state index contributed by atoms with van der Waals surface area (Å²) in [5, 5.41) is 0.651. The number of rotatable bonds is 5. The van der Waals surface area contributed by atoms with Gasteiger partial charge < -0.3 is 4.90 Å². The van der Waals surface area contributed by atoms with Crippen molar-refractivity contribution in [1.82, 2.24) is 4.90 Å². The largest absolute Gasteiger partial charge is 0.337 e. The summed E-state index contributed by atoms with van der Waals surface area (Å²) in [6, 6.07) is 13.8. The van der Waals surface area contributed by atoms with Gasteiger partial charge in [-0.2, -0.15) is 0 Å². The van der Waals surface area contributed by atoms with Crippen molar-refractivity contribution in [2.75, 3.05) is 24.7 Å². The van der Waals surface area contributed by atoms with Crippen LogP contribution >= 0.6 is 11.6 Å². The van der Waals surface area contributed by atoms with E-state index in [1.165, 1.54) is 11.4 Å². The van der Waals surface area contributed by atoms with Crippen molar-refractivity contribution in [2.24, 2.45) is 0 Å². The van der Waals surface area contributed by atoms with Crippen molar-refractivity contribution < 1.29 is 13.2 Å². The van der Waals surface area contributed by atoms with Gasteiger partial charge in [0.25, 0.3) is 5.91 Å². The van der Waals surface area contributed by atoms with Crippen LogP contribution in [0.5, 0.6) is 0 Å². The molecule has 0 aliphatic heterocycles. The van der Waals surface area contributed by atoms with Crippen LogP contribution in [0, 0.1) is 0 Å². The van der Waals surface area contributed by atoms with E-state index in [2.05, 4.69) is 0 Å². The summed E-state index contributed by atoms with van der Waals surface area (Å²) in [6.07, 6.45) is 1.13. The van der Waals surface area contributed by atoms with Crippen LogP contribution in [0.2, 0.25) is 5.02 Å². The monoisotopic (exact) mass is 366 g/mol. The lowest BCUT2D eigenvalue weighted by Gasteiger charge is -2.19. The van der Waals surface area contributed by atoms with E-state index in [1.54, 1.807) is 48.3 Å². The molecule has 2 aromatic carbocycles. The molecule has 5 nitrogen and oxygen atoms in total. The third-order valence-electron chi connectivity index (χ3n) is 3.66. The predicted molar refractivity (Wildman–Crippen MR) is 96.9 cm³/mol. The Kier molecular flexibility index (Phi) is 5.51. The third kappa shape index (κ3) is 4.49. The van der Waals surface area contributed by atoms with E-state index in [0.29, 0.717) is 22.8 Å². The molecule has 0 aliphatic rings. The van der Waals surface area contributed by atoms with Crippen LogP contribution in [-0.2, 0) is 16.6 Å². The highest BCUT2D eigenvalue weighted by Gasteiger charge is 2.15. The zero-order valence-electron chi connectivity index (χ0n) is 13.7. The number of amides is 1. The van der Waals surface area contributed by atoms with Crippen molar-refractivity contribution in [2.45, 2.75) is 6.54 Å². The Labute approximate surface area is 147 Å². The Morgan fingerprint density at radius 2 is 1.54 bits per heavy atom. The Morgan fingerprint density at radius 3 is 2.04 bits per heavy atom. The van der Waals surface area contributed by atoms with Crippen molar-refractivity contribution in [3.63, 3.8) is 0 Å². The molecular formula is C17H19ClN2O3S. The van der Waals surface area contributed by atoms with Crippen LogP contribution < -0.4 is 4.31 Å². The number of benzene rings is 2. The van der Waals surface area contributed by atoms with Crippen LogP contribution in [0.25, 0.3) is 0 Å². The molecule has 0 unspecified atom stereocenters. The van der Waals surface area contributed by atoms with E-state index in [0.717, 1.165) is 11.8 Å². The third-order valence-corrected chi connectivity index (χ3v) is 5.11. The fourth-order valence-electron chi connectivity index (χ4n) is 2.16. The van der Waals surface area contributed by atoms with Crippen LogP contribution in [0.3, 0.4) is 0 Å². The lowest BCUT2D eigenvalue weighted by atomic mass is 10.1. The van der Waals surface area contributed by atoms with Gasteiger partial charge in [-0.25, -0.2) is 8.42 Å². The number of carbonyl (C=O) groups is 1. The highest BCUT2D eigenvalue weighted by atomic mass is 35.5. The first-order valence-electron chi connectivity index (χ1n) is 7.22. The van der Waals surface area contributed by atoms with Crippen molar-refractivity contribution in [3.05, 3.63) is 64.7 Å². The Bertz CT molecular complexity index is 818. The van der Waals surface area contributed by atoms with Gasteiger partial charge in [0.05, 0.1) is 11.9 Å². The van der Waals surface area contributed by atoms with E-state index in [9.17, 15) is 13.2 Å². The first kappa shape index (κ1) is 18.3. The quantitative estimate of drug-likeness (QED) is 0.817. The second-order valence-electron chi connectivity index (χ2n) is 5.57. The molecule has 2 rings (SSSR count). The average molecular weight is 367 g/mol. The summed E-state index contributed by atoms with van der Waals surface area (Å²) < 4.78 is 24.2. The zero-order valence-corrected chi connectivity index (χ0v) is 15.3. The van der Waals surface area contributed by atoms with E-state index >= 15 is 0 Å². The average Bonchev–Trinajstić information content (AvgIpc) is 2.55. The maximum atomic E-state index is 12.5. The minimum atomic E-state index is -3.32. The molecule has 128 valence electrons. The van der Waals surface area contributed by atoms with Gasteiger partial charge in [-0.3, -0.25) is 9.10 Å². The summed E-state index contributed by atoms with van der Waals surface area (Å²) in [6.45, 7) is 0.459. The zero-order chi connectivity index (χ0) is 17.9. The molecule has 1 amide bonds. The molecule has 0 fully saturated rings. The topological polar surface area (TPSA) is 57.7 Å². The lowest BCUT2D eigenvalue weighted by Crippen LogP contribution is -2.27. The highest BCUT2D eigenvalue weighted by Crippen LogP contribution is 2.18. The van der Waals surface area contributed by atoms with Crippen molar-refractivity contribution >= 4 is 33.2 Å². The van der Waals surface area contributed by atoms with Crippen LogP contribution in [0.4, 0.5) is 5.69 Å². The number of carbonyl (C=O) groups excluding carboxylic acids is 1. The fourth-order valence-corrected chi connectivity index (χ4v) is 2.79. The Balaban J connectivity index is 2.10. The van der Waals surface area contributed by atoms with Gasteiger partial charge >= 0.3 is 0 Å². The number of hydrogen-bond acceptors (Lipinski definition) is 3. The van der Waals surface area contributed by atoms with Gasteiger partial charge in [0, 0.05) is 31.2 Å². The molecular weight excluding hydrogens is 348 g/mol. The smallest absolute Gasteiger partial charge is 0.253 e. The number of hydrogen-bond donors (Lipinski definition) is 0. The summed E-state index contributed by atoms with van der Waals surface area (Å²) in [5.41, 5.74) is 1.98. The molecule has 2 aromatic rings. The van der Waals surface area contributed by atoms with Gasteiger partial charge in [0.2, 0.25) is 10.0 Å². The maximum absolute atomic E-state index is 12.5. The first-order chi connectivity index (χ1) is 11.2. The Morgan fingerprint density at radius 1 is 1.00 bits per heavy atom. The molecule has 0 saturated carbocycles. The SMILES string of the molecule is CN(Cc1ccc(Cl)cc1)C(=O)c1ccc(N(C)S(C)(=O)=O)cc1. The number of sulfonamides is 1. The van der Waals surface area contributed by atoms with Crippen molar-refractivity contribution in [3.8, 4) is 0 Å². The summed E-state index contributed by atoms with van der Waals surface area (Å²) >= 11 is 5.85. The second kappa shape index (κ2) is 7.23. The molecule has 0 N–H and O–H groups in total. The summed E-state index contributed by atoms with van der Waals surface area (Å²) in [4.78, 5) is 14.1. The molecule has 0 atom stereocenters.